The molecular formula is C12H22N2O4. The van der Waals surface area contributed by atoms with E-state index < -0.39 is 18.1 Å². The highest BCUT2D eigenvalue weighted by molar-refractivity contribution is 5.83. The summed E-state index contributed by atoms with van der Waals surface area (Å²) in [6.45, 7) is 8.44. The number of morpholine rings is 1. The number of carbonyl (C=O) groups is 2. The zero-order valence-electron chi connectivity index (χ0n) is 11.4. The normalized spacial score (nSPS) is 23.4. The van der Waals surface area contributed by atoms with Crippen molar-refractivity contribution in [3.8, 4) is 0 Å². The number of hydrogen-bond donors (Lipinski definition) is 2. The number of rotatable bonds is 3. The minimum Gasteiger partial charge on any atom is -0.480 e. The van der Waals surface area contributed by atoms with Crippen LogP contribution in [0.2, 0.25) is 0 Å². The molecule has 1 saturated heterocycles. The van der Waals surface area contributed by atoms with Crippen molar-refractivity contribution < 1.29 is 19.4 Å². The lowest BCUT2D eigenvalue weighted by Crippen LogP contribution is -2.59. The molecule has 0 saturated carbocycles. The van der Waals surface area contributed by atoms with Gasteiger partial charge in [-0.3, -0.25) is 14.5 Å². The van der Waals surface area contributed by atoms with E-state index in [-0.39, 0.29) is 18.1 Å². The number of nitrogens with zero attached hydrogens (tertiary/aromatic N) is 1. The Hall–Kier alpha value is -1.14. The number of carboxylic acid groups (broad SMARTS) is 1. The highest BCUT2D eigenvalue weighted by Crippen LogP contribution is 2.13. The standard InChI is InChI=1S/C12H22N2O4/c1-8(10(15)13-12(2,3)4)14-5-6-18-7-9(14)11(16)17/h8-9H,5-7H2,1-4H3,(H,13,15)(H,16,17). The molecule has 1 aliphatic heterocycles. The fraction of sp³-hybridized carbons (Fsp3) is 0.833. The fourth-order valence-electron chi connectivity index (χ4n) is 1.92. The van der Waals surface area contributed by atoms with Crippen molar-refractivity contribution in [1.82, 2.24) is 10.2 Å². The van der Waals surface area contributed by atoms with Crippen LogP contribution in [0.1, 0.15) is 27.7 Å². The molecule has 2 unspecified atom stereocenters. The summed E-state index contributed by atoms with van der Waals surface area (Å²) < 4.78 is 5.15. The molecule has 0 radical (unpaired) electrons. The average Bonchev–Trinajstić information content (AvgIpc) is 2.25. The number of carboxylic acids is 1. The van der Waals surface area contributed by atoms with E-state index in [2.05, 4.69) is 5.32 Å². The van der Waals surface area contributed by atoms with Crippen LogP contribution in [0, 0.1) is 0 Å². The molecule has 0 aromatic rings. The summed E-state index contributed by atoms with van der Waals surface area (Å²) in [6, 6.07) is -1.23. The summed E-state index contributed by atoms with van der Waals surface area (Å²) in [4.78, 5) is 24.8. The van der Waals surface area contributed by atoms with Crippen molar-refractivity contribution in [1.29, 1.82) is 0 Å². The van der Waals surface area contributed by atoms with Gasteiger partial charge in [0.05, 0.1) is 19.3 Å². The molecule has 0 aromatic carbocycles. The topological polar surface area (TPSA) is 78.9 Å². The molecule has 1 heterocycles. The molecule has 2 N–H and O–H groups in total. The Bertz CT molecular complexity index is 325. The van der Waals surface area contributed by atoms with Gasteiger partial charge in [-0.25, -0.2) is 0 Å². The van der Waals surface area contributed by atoms with Gasteiger partial charge in [-0.1, -0.05) is 0 Å². The molecule has 6 heteroatoms. The van der Waals surface area contributed by atoms with Gasteiger partial charge in [0.1, 0.15) is 6.04 Å². The number of carbonyl (C=O) groups excluding carboxylic acids is 1. The second-order valence-electron chi connectivity index (χ2n) is 5.58. The zero-order chi connectivity index (χ0) is 13.9. The van der Waals surface area contributed by atoms with Gasteiger partial charge in [0.2, 0.25) is 5.91 Å². The lowest BCUT2D eigenvalue weighted by molar-refractivity contribution is -0.153. The van der Waals surface area contributed by atoms with Crippen LogP contribution >= 0.6 is 0 Å². The molecule has 1 amide bonds. The number of amides is 1. The van der Waals surface area contributed by atoms with E-state index in [0.29, 0.717) is 13.2 Å². The predicted octanol–water partition coefficient (Wildman–Crippen LogP) is 0.0750. The highest BCUT2D eigenvalue weighted by atomic mass is 16.5. The van der Waals surface area contributed by atoms with Crippen LogP contribution in [0.25, 0.3) is 0 Å². The lowest BCUT2D eigenvalue weighted by atomic mass is 10.1. The van der Waals surface area contributed by atoms with E-state index >= 15 is 0 Å². The summed E-state index contributed by atoms with van der Waals surface area (Å²) in [5.41, 5.74) is -0.323. The van der Waals surface area contributed by atoms with E-state index in [1.165, 1.54) is 0 Å². The Morgan fingerprint density at radius 3 is 2.56 bits per heavy atom. The van der Waals surface area contributed by atoms with Gasteiger partial charge >= 0.3 is 5.97 Å². The van der Waals surface area contributed by atoms with E-state index in [4.69, 9.17) is 9.84 Å². The summed E-state index contributed by atoms with van der Waals surface area (Å²) in [5, 5.41) is 12.0. The summed E-state index contributed by atoms with van der Waals surface area (Å²) in [7, 11) is 0. The van der Waals surface area contributed by atoms with Crippen molar-refractivity contribution in [3.63, 3.8) is 0 Å². The molecule has 1 rings (SSSR count). The Labute approximate surface area is 107 Å². The van der Waals surface area contributed by atoms with Crippen molar-refractivity contribution in [2.75, 3.05) is 19.8 Å². The van der Waals surface area contributed by atoms with Crippen LogP contribution in [0.5, 0.6) is 0 Å². The van der Waals surface area contributed by atoms with Gasteiger partial charge in [0, 0.05) is 12.1 Å². The quantitative estimate of drug-likeness (QED) is 0.749. The third-order valence-corrected chi connectivity index (χ3v) is 2.83. The first-order valence-corrected chi connectivity index (χ1v) is 6.10. The summed E-state index contributed by atoms with van der Waals surface area (Å²) >= 11 is 0. The van der Waals surface area contributed by atoms with E-state index in [0.717, 1.165) is 0 Å². The van der Waals surface area contributed by atoms with E-state index in [1.807, 2.05) is 20.8 Å². The van der Waals surface area contributed by atoms with Gasteiger partial charge in [-0.05, 0) is 27.7 Å². The SMILES string of the molecule is CC(C(=O)NC(C)(C)C)N1CCOCC1C(=O)O. The Morgan fingerprint density at radius 1 is 1.44 bits per heavy atom. The molecule has 0 spiro atoms. The minimum atomic E-state index is -0.954. The smallest absolute Gasteiger partial charge is 0.323 e. The second kappa shape index (κ2) is 5.67. The van der Waals surface area contributed by atoms with Crippen LogP contribution in [-0.2, 0) is 14.3 Å². The van der Waals surface area contributed by atoms with Crippen LogP contribution in [0.3, 0.4) is 0 Å². The molecule has 0 bridgehead atoms. The number of ether oxygens (including phenoxy) is 1. The largest absolute Gasteiger partial charge is 0.480 e. The minimum absolute atomic E-state index is 0.127. The van der Waals surface area contributed by atoms with Crippen LogP contribution in [-0.4, -0.2) is 59.3 Å². The van der Waals surface area contributed by atoms with Gasteiger partial charge in [-0.2, -0.15) is 0 Å². The van der Waals surface area contributed by atoms with Crippen molar-refractivity contribution in [3.05, 3.63) is 0 Å². The van der Waals surface area contributed by atoms with Crippen molar-refractivity contribution in [2.24, 2.45) is 0 Å². The molecule has 1 aliphatic rings. The Balaban J connectivity index is 2.71. The first-order valence-electron chi connectivity index (χ1n) is 6.10. The zero-order valence-corrected chi connectivity index (χ0v) is 11.4. The van der Waals surface area contributed by atoms with Gasteiger partial charge < -0.3 is 15.2 Å². The first-order chi connectivity index (χ1) is 8.22. The van der Waals surface area contributed by atoms with Gasteiger partial charge in [0.25, 0.3) is 0 Å². The Morgan fingerprint density at radius 2 is 2.06 bits per heavy atom. The number of nitrogens with one attached hydrogen (secondary N) is 1. The number of aliphatic carboxylic acids is 1. The van der Waals surface area contributed by atoms with Gasteiger partial charge in [-0.15, -0.1) is 0 Å². The Kier molecular flexibility index (Phi) is 4.70. The molecule has 2 atom stereocenters. The van der Waals surface area contributed by atoms with Crippen LogP contribution < -0.4 is 5.32 Å². The van der Waals surface area contributed by atoms with E-state index in [9.17, 15) is 9.59 Å². The van der Waals surface area contributed by atoms with Crippen LogP contribution in [0.15, 0.2) is 0 Å². The maximum Gasteiger partial charge on any atom is 0.323 e. The molecule has 0 aliphatic carbocycles. The molecule has 18 heavy (non-hydrogen) atoms. The second-order valence-corrected chi connectivity index (χ2v) is 5.58. The van der Waals surface area contributed by atoms with Crippen molar-refractivity contribution in [2.45, 2.75) is 45.3 Å². The summed E-state index contributed by atoms with van der Waals surface area (Å²) in [6.07, 6.45) is 0. The monoisotopic (exact) mass is 258 g/mol. The molecule has 0 aromatic heterocycles. The highest BCUT2D eigenvalue weighted by Gasteiger charge is 2.35. The molecule has 104 valence electrons. The average molecular weight is 258 g/mol. The maximum absolute atomic E-state index is 12.0. The van der Waals surface area contributed by atoms with Crippen molar-refractivity contribution >= 4 is 11.9 Å². The van der Waals surface area contributed by atoms with Crippen LogP contribution in [0.4, 0.5) is 0 Å². The third-order valence-electron chi connectivity index (χ3n) is 2.83. The molecule has 6 nitrogen and oxygen atoms in total. The summed E-state index contributed by atoms with van der Waals surface area (Å²) in [5.74, 6) is -1.11. The predicted molar refractivity (Wildman–Crippen MR) is 66.3 cm³/mol. The lowest BCUT2D eigenvalue weighted by Gasteiger charge is -2.37. The van der Waals surface area contributed by atoms with Gasteiger partial charge in [0.15, 0.2) is 0 Å². The van der Waals surface area contributed by atoms with E-state index in [1.54, 1.807) is 11.8 Å². The third kappa shape index (κ3) is 3.96. The maximum atomic E-state index is 12.0. The first kappa shape index (κ1) is 14.9. The number of hydrogen-bond acceptors (Lipinski definition) is 4. The molecular weight excluding hydrogens is 236 g/mol. The fourth-order valence-corrected chi connectivity index (χ4v) is 1.92. The molecule has 1 fully saturated rings.